The monoisotopic (exact) mass is 304 g/mol. The summed E-state index contributed by atoms with van der Waals surface area (Å²) in [6.07, 6.45) is 0.969. The smallest absolute Gasteiger partial charge is 0.319 e. The molecule has 21 heavy (non-hydrogen) atoms. The van der Waals surface area contributed by atoms with Crippen LogP contribution >= 0.6 is 0 Å². The molecule has 2 amide bonds. The number of benzene rings is 1. The van der Waals surface area contributed by atoms with Crippen LogP contribution in [0, 0.1) is 23.4 Å². The van der Waals surface area contributed by atoms with Crippen LogP contribution in [-0.4, -0.2) is 23.7 Å². The van der Waals surface area contributed by atoms with Crippen molar-refractivity contribution in [2.45, 2.75) is 19.8 Å². The van der Waals surface area contributed by atoms with Crippen molar-refractivity contribution < 1.29 is 27.9 Å². The quantitative estimate of drug-likeness (QED) is 0.756. The highest BCUT2D eigenvalue weighted by Gasteiger charge is 2.18. The van der Waals surface area contributed by atoms with Crippen molar-refractivity contribution in [2.75, 3.05) is 11.9 Å². The summed E-state index contributed by atoms with van der Waals surface area (Å²) in [5, 5.41) is 13.0. The van der Waals surface area contributed by atoms with Gasteiger partial charge in [0.05, 0.1) is 5.92 Å². The van der Waals surface area contributed by atoms with Crippen LogP contribution < -0.4 is 10.6 Å². The van der Waals surface area contributed by atoms with Crippen LogP contribution in [-0.2, 0) is 4.79 Å². The normalized spacial score (nSPS) is 11.8. The molecule has 0 saturated heterocycles. The Bertz CT molecular complexity index is 514. The Hall–Kier alpha value is -2.25. The number of hydrogen-bond acceptors (Lipinski definition) is 2. The molecule has 1 aromatic carbocycles. The Kier molecular flexibility index (Phi) is 6.01. The summed E-state index contributed by atoms with van der Waals surface area (Å²) in [4.78, 5) is 22.4. The van der Waals surface area contributed by atoms with Crippen LogP contribution in [0.1, 0.15) is 19.8 Å². The molecule has 0 radical (unpaired) electrons. The van der Waals surface area contributed by atoms with E-state index < -0.39 is 41.1 Å². The minimum absolute atomic E-state index is 0.181. The Morgan fingerprint density at radius 2 is 1.81 bits per heavy atom. The van der Waals surface area contributed by atoms with E-state index in [1.807, 2.05) is 5.32 Å². The summed E-state index contributed by atoms with van der Waals surface area (Å²) >= 11 is 0. The van der Waals surface area contributed by atoms with Gasteiger partial charge in [-0.05, 0) is 6.42 Å². The highest BCUT2D eigenvalue weighted by molar-refractivity contribution is 5.89. The van der Waals surface area contributed by atoms with Crippen molar-refractivity contribution in [3.63, 3.8) is 0 Å². The molecular formula is C13H15F3N2O3. The third kappa shape index (κ3) is 4.97. The summed E-state index contributed by atoms with van der Waals surface area (Å²) in [6, 6.07) is -0.118. The van der Waals surface area contributed by atoms with Crippen LogP contribution in [0.4, 0.5) is 23.7 Å². The Morgan fingerprint density at radius 3 is 2.29 bits per heavy atom. The zero-order valence-corrected chi connectivity index (χ0v) is 11.3. The second kappa shape index (κ2) is 7.51. The fraction of sp³-hybridized carbons (Fsp3) is 0.385. The van der Waals surface area contributed by atoms with Crippen LogP contribution in [0.25, 0.3) is 0 Å². The number of aliphatic carboxylic acids is 1. The van der Waals surface area contributed by atoms with E-state index in [-0.39, 0.29) is 6.54 Å². The van der Waals surface area contributed by atoms with Gasteiger partial charge in [0.1, 0.15) is 11.5 Å². The molecule has 1 atom stereocenters. The fourth-order valence-corrected chi connectivity index (χ4v) is 1.70. The molecule has 116 valence electrons. The van der Waals surface area contributed by atoms with E-state index in [1.54, 1.807) is 6.92 Å². The van der Waals surface area contributed by atoms with Gasteiger partial charge in [0, 0.05) is 18.7 Å². The topological polar surface area (TPSA) is 78.4 Å². The molecule has 0 aliphatic carbocycles. The van der Waals surface area contributed by atoms with Crippen molar-refractivity contribution in [3.8, 4) is 0 Å². The van der Waals surface area contributed by atoms with E-state index >= 15 is 0 Å². The zero-order chi connectivity index (χ0) is 16.0. The van der Waals surface area contributed by atoms with Crippen molar-refractivity contribution in [1.82, 2.24) is 5.32 Å². The van der Waals surface area contributed by atoms with E-state index in [0.29, 0.717) is 25.0 Å². The van der Waals surface area contributed by atoms with Gasteiger partial charge in [-0.15, -0.1) is 0 Å². The van der Waals surface area contributed by atoms with Gasteiger partial charge in [-0.2, -0.15) is 0 Å². The summed E-state index contributed by atoms with van der Waals surface area (Å²) in [7, 11) is 0. The van der Waals surface area contributed by atoms with Gasteiger partial charge in [0.15, 0.2) is 11.6 Å². The molecule has 5 nitrogen and oxygen atoms in total. The number of carbonyl (C=O) groups excluding carboxylic acids is 1. The Morgan fingerprint density at radius 1 is 1.24 bits per heavy atom. The van der Waals surface area contributed by atoms with E-state index in [0.717, 1.165) is 0 Å². The Labute approximate surface area is 119 Å². The largest absolute Gasteiger partial charge is 0.481 e. The van der Waals surface area contributed by atoms with Crippen LogP contribution in [0.5, 0.6) is 0 Å². The van der Waals surface area contributed by atoms with E-state index in [4.69, 9.17) is 5.11 Å². The van der Waals surface area contributed by atoms with E-state index in [9.17, 15) is 22.8 Å². The molecule has 0 aliphatic rings. The molecule has 0 spiro atoms. The third-order valence-electron chi connectivity index (χ3n) is 2.74. The van der Waals surface area contributed by atoms with Gasteiger partial charge in [-0.3, -0.25) is 4.79 Å². The predicted molar refractivity (Wildman–Crippen MR) is 69.4 cm³/mol. The first-order valence-corrected chi connectivity index (χ1v) is 6.27. The molecule has 0 fully saturated rings. The number of carboxylic acid groups (broad SMARTS) is 1. The van der Waals surface area contributed by atoms with Crippen molar-refractivity contribution in [2.24, 2.45) is 5.92 Å². The van der Waals surface area contributed by atoms with Crippen LogP contribution in [0.2, 0.25) is 0 Å². The lowest BCUT2D eigenvalue weighted by molar-refractivity contribution is -0.141. The average molecular weight is 304 g/mol. The molecule has 1 unspecified atom stereocenters. The SMILES string of the molecule is CCCC(CNC(=O)Nc1c(F)cc(F)cc1F)C(=O)O. The lowest BCUT2D eigenvalue weighted by Gasteiger charge is -2.13. The standard InChI is InChI=1S/C13H15F3N2O3/c1-2-3-7(12(19)20)6-17-13(21)18-11-9(15)4-8(14)5-10(11)16/h4-5,7H,2-3,6H2,1H3,(H,19,20)(H2,17,18,21). The number of halogens is 3. The average Bonchev–Trinajstić information content (AvgIpc) is 2.38. The summed E-state index contributed by atoms with van der Waals surface area (Å²) < 4.78 is 39.3. The fourth-order valence-electron chi connectivity index (χ4n) is 1.70. The summed E-state index contributed by atoms with van der Waals surface area (Å²) in [6.45, 7) is 1.61. The molecule has 8 heteroatoms. The maximum Gasteiger partial charge on any atom is 0.319 e. The first-order valence-electron chi connectivity index (χ1n) is 6.27. The molecule has 1 aromatic rings. The number of carbonyl (C=O) groups is 2. The molecule has 0 aromatic heterocycles. The maximum absolute atomic E-state index is 13.3. The zero-order valence-electron chi connectivity index (χ0n) is 11.3. The van der Waals surface area contributed by atoms with Crippen molar-refractivity contribution in [1.29, 1.82) is 0 Å². The third-order valence-corrected chi connectivity index (χ3v) is 2.74. The van der Waals surface area contributed by atoms with E-state index in [1.165, 1.54) is 0 Å². The number of nitrogens with one attached hydrogen (secondary N) is 2. The maximum atomic E-state index is 13.3. The Balaban J connectivity index is 2.64. The number of amides is 2. The lowest BCUT2D eigenvalue weighted by atomic mass is 10.0. The van der Waals surface area contributed by atoms with Gasteiger partial charge in [-0.1, -0.05) is 13.3 Å². The van der Waals surface area contributed by atoms with Crippen LogP contribution in [0.15, 0.2) is 12.1 Å². The molecule has 0 heterocycles. The predicted octanol–water partition coefficient (Wildman–Crippen LogP) is 2.73. The number of anilines is 1. The molecule has 0 saturated carbocycles. The van der Waals surface area contributed by atoms with Gasteiger partial charge < -0.3 is 15.7 Å². The van der Waals surface area contributed by atoms with Crippen LogP contribution in [0.3, 0.4) is 0 Å². The number of urea groups is 1. The van der Waals surface area contributed by atoms with Gasteiger partial charge in [0.2, 0.25) is 0 Å². The first kappa shape index (κ1) is 16.8. The lowest BCUT2D eigenvalue weighted by Crippen LogP contribution is -2.36. The minimum atomic E-state index is -1.26. The molecule has 1 rings (SSSR count). The summed E-state index contributed by atoms with van der Waals surface area (Å²) in [5.74, 6) is -5.48. The van der Waals surface area contributed by atoms with Crippen molar-refractivity contribution >= 4 is 17.7 Å². The number of rotatable bonds is 6. The summed E-state index contributed by atoms with van der Waals surface area (Å²) in [5.41, 5.74) is -0.795. The number of hydrogen-bond donors (Lipinski definition) is 3. The van der Waals surface area contributed by atoms with Gasteiger partial charge in [0.25, 0.3) is 0 Å². The van der Waals surface area contributed by atoms with Gasteiger partial charge >= 0.3 is 12.0 Å². The molecule has 0 bridgehead atoms. The highest BCUT2D eigenvalue weighted by atomic mass is 19.1. The number of carboxylic acids is 1. The van der Waals surface area contributed by atoms with E-state index in [2.05, 4.69) is 5.32 Å². The molecule has 3 N–H and O–H groups in total. The minimum Gasteiger partial charge on any atom is -0.481 e. The first-order chi connectivity index (χ1) is 9.85. The highest BCUT2D eigenvalue weighted by Crippen LogP contribution is 2.19. The second-order valence-electron chi connectivity index (χ2n) is 4.40. The molecule has 0 aliphatic heterocycles. The van der Waals surface area contributed by atoms with Crippen molar-refractivity contribution in [3.05, 3.63) is 29.6 Å². The molecular weight excluding hydrogens is 289 g/mol. The van der Waals surface area contributed by atoms with Gasteiger partial charge in [-0.25, -0.2) is 18.0 Å². The second-order valence-corrected chi connectivity index (χ2v) is 4.40.